The van der Waals surface area contributed by atoms with Crippen LogP contribution in [0, 0.1) is 5.92 Å². The maximum atomic E-state index is 12.9. The van der Waals surface area contributed by atoms with Crippen LogP contribution in [0.25, 0.3) is 0 Å². The Morgan fingerprint density at radius 3 is 1.75 bits per heavy atom. The number of aliphatic hydroxyl groups is 1. The van der Waals surface area contributed by atoms with E-state index in [1.165, 1.54) is 83.5 Å². The zero-order valence-corrected chi connectivity index (χ0v) is 39.6. The number of hydrogen-bond acceptors (Lipinski definition) is 7. The third-order valence-electron chi connectivity index (χ3n) is 11.8. The van der Waals surface area contributed by atoms with Gasteiger partial charge < -0.3 is 29.8 Å². The van der Waals surface area contributed by atoms with Gasteiger partial charge in [-0.05, 0) is 102 Å². The van der Waals surface area contributed by atoms with Crippen LogP contribution in [-0.4, -0.2) is 77.8 Å². The van der Waals surface area contributed by atoms with Crippen LogP contribution in [0.1, 0.15) is 244 Å². The molecule has 3 N–H and O–H groups in total. The molecule has 0 aromatic carbocycles. The minimum atomic E-state index is -0.414. The van der Waals surface area contributed by atoms with Gasteiger partial charge in [-0.2, -0.15) is 0 Å². The second-order valence-electron chi connectivity index (χ2n) is 18.2. The topological polar surface area (TPSA) is 121 Å². The van der Waals surface area contributed by atoms with E-state index in [9.17, 15) is 19.5 Å². The third-order valence-corrected chi connectivity index (χ3v) is 11.8. The Bertz CT molecular complexity index is 1100. The number of aromatic amines is 1. The molecule has 1 amide bonds. The van der Waals surface area contributed by atoms with Crippen molar-refractivity contribution in [3.05, 3.63) is 24.0 Å². The normalized spacial score (nSPS) is 12.1. The molecular formula is C51H95N3O6. The number of carbonyl (C=O) groups is 3. The standard InChI is InChI=1S/C51H95N3O6/c1-5-7-9-11-14-22-33-48(34-23-15-12-10-8-6-2)60-50(57)36-24-16-13-18-28-40-54(44-47(55)32-26-27-38-53-51(58)46-37-39-52-43-46)41-29-20-25-35-49(56)59-42-30-19-17-21-31-45(3)4/h37,39,43,45,47-48,52,55H,5-36,38,40-42,44H2,1-4H3,(H,53,58). The number of aliphatic hydroxyl groups excluding tert-OH is 1. The fourth-order valence-corrected chi connectivity index (χ4v) is 7.95. The molecule has 0 aliphatic rings. The summed E-state index contributed by atoms with van der Waals surface area (Å²) in [7, 11) is 0. The highest BCUT2D eigenvalue weighted by molar-refractivity contribution is 5.93. The van der Waals surface area contributed by atoms with Crippen molar-refractivity contribution in [3.63, 3.8) is 0 Å². The quantitative estimate of drug-likeness (QED) is 0.0442. The molecular weight excluding hydrogens is 751 g/mol. The first-order valence-electron chi connectivity index (χ1n) is 25.4. The maximum absolute atomic E-state index is 12.9. The molecule has 1 aromatic rings. The van der Waals surface area contributed by atoms with Crippen LogP contribution in [0.2, 0.25) is 0 Å². The van der Waals surface area contributed by atoms with Crippen molar-refractivity contribution in [1.82, 2.24) is 15.2 Å². The molecule has 0 aliphatic heterocycles. The predicted octanol–water partition coefficient (Wildman–Crippen LogP) is 13.0. The number of amides is 1. The van der Waals surface area contributed by atoms with Gasteiger partial charge in [0.1, 0.15) is 6.10 Å². The first-order chi connectivity index (χ1) is 29.2. The number of esters is 2. The van der Waals surface area contributed by atoms with Crippen molar-refractivity contribution in [3.8, 4) is 0 Å². The van der Waals surface area contributed by atoms with Crippen molar-refractivity contribution in [2.75, 3.05) is 32.8 Å². The van der Waals surface area contributed by atoms with Crippen molar-refractivity contribution >= 4 is 17.8 Å². The molecule has 1 rings (SSSR count). The number of aromatic nitrogens is 1. The number of ether oxygens (including phenoxy) is 2. The molecule has 9 nitrogen and oxygen atoms in total. The number of unbranched alkanes of at least 4 members (excludes halogenated alkanes) is 20. The lowest BCUT2D eigenvalue weighted by molar-refractivity contribution is -0.150. The summed E-state index contributed by atoms with van der Waals surface area (Å²) in [6.45, 7) is 12.6. The molecule has 1 heterocycles. The van der Waals surface area contributed by atoms with Gasteiger partial charge in [0, 0.05) is 38.3 Å². The van der Waals surface area contributed by atoms with E-state index in [0.29, 0.717) is 44.5 Å². The molecule has 9 heteroatoms. The first kappa shape index (κ1) is 55.6. The average molecular weight is 846 g/mol. The number of H-pyrrole nitrogens is 1. The molecule has 1 atom stereocenters. The Morgan fingerprint density at radius 2 is 1.15 bits per heavy atom. The number of nitrogens with one attached hydrogen (secondary N) is 2. The summed E-state index contributed by atoms with van der Waals surface area (Å²) in [6, 6.07) is 1.76. The van der Waals surface area contributed by atoms with Crippen LogP contribution in [0.5, 0.6) is 0 Å². The summed E-state index contributed by atoms with van der Waals surface area (Å²) < 4.78 is 11.5. The van der Waals surface area contributed by atoms with Gasteiger partial charge >= 0.3 is 11.9 Å². The Hall–Kier alpha value is -2.39. The Kier molecular flexibility index (Phi) is 37.7. The predicted molar refractivity (Wildman–Crippen MR) is 250 cm³/mol. The van der Waals surface area contributed by atoms with E-state index >= 15 is 0 Å². The zero-order valence-electron chi connectivity index (χ0n) is 39.6. The minimum Gasteiger partial charge on any atom is -0.466 e. The lowest BCUT2D eigenvalue weighted by Crippen LogP contribution is -2.34. The van der Waals surface area contributed by atoms with E-state index < -0.39 is 6.10 Å². The highest BCUT2D eigenvalue weighted by Crippen LogP contribution is 2.19. The van der Waals surface area contributed by atoms with Crippen LogP contribution in [0.3, 0.4) is 0 Å². The molecule has 0 bridgehead atoms. The number of hydrogen-bond donors (Lipinski definition) is 3. The fourth-order valence-electron chi connectivity index (χ4n) is 7.95. The number of carbonyl (C=O) groups excluding carboxylic acids is 3. The van der Waals surface area contributed by atoms with E-state index in [4.69, 9.17) is 9.47 Å². The maximum Gasteiger partial charge on any atom is 0.306 e. The Balaban J connectivity index is 2.41. The molecule has 0 aliphatic carbocycles. The second-order valence-corrected chi connectivity index (χ2v) is 18.2. The van der Waals surface area contributed by atoms with E-state index in [2.05, 4.69) is 42.9 Å². The van der Waals surface area contributed by atoms with Crippen molar-refractivity contribution in [2.45, 2.75) is 245 Å². The summed E-state index contributed by atoms with van der Waals surface area (Å²) >= 11 is 0. The largest absolute Gasteiger partial charge is 0.466 e. The van der Waals surface area contributed by atoms with Gasteiger partial charge in [0.05, 0.1) is 18.3 Å². The monoisotopic (exact) mass is 846 g/mol. The Morgan fingerprint density at radius 1 is 0.633 bits per heavy atom. The van der Waals surface area contributed by atoms with Gasteiger partial charge in [0.2, 0.25) is 0 Å². The van der Waals surface area contributed by atoms with Crippen LogP contribution in [0.4, 0.5) is 0 Å². The van der Waals surface area contributed by atoms with Gasteiger partial charge in [-0.25, -0.2) is 0 Å². The van der Waals surface area contributed by atoms with Crippen molar-refractivity contribution in [2.24, 2.45) is 5.92 Å². The fraction of sp³-hybridized carbons (Fsp3) is 0.863. The third kappa shape index (κ3) is 35.2. The smallest absolute Gasteiger partial charge is 0.306 e. The molecule has 1 aromatic heterocycles. The molecule has 0 fully saturated rings. The van der Waals surface area contributed by atoms with E-state index in [-0.39, 0.29) is 23.9 Å². The second kappa shape index (κ2) is 40.7. The van der Waals surface area contributed by atoms with E-state index in [1.54, 1.807) is 18.5 Å². The molecule has 60 heavy (non-hydrogen) atoms. The van der Waals surface area contributed by atoms with E-state index in [0.717, 1.165) is 122 Å². The van der Waals surface area contributed by atoms with Gasteiger partial charge in [-0.1, -0.05) is 143 Å². The summed E-state index contributed by atoms with van der Waals surface area (Å²) in [4.78, 5) is 42.6. The summed E-state index contributed by atoms with van der Waals surface area (Å²) in [6.07, 6.45) is 37.5. The lowest BCUT2D eigenvalue weighted by Gasteiger charge is -2.25. The lowest BCUT2D eigenvalue weighted by atomic mass is 10.0. The number of nitrogens with zero attached hydrogens (tertiary/aromatic N) is 1. The summed E-state index contributed by atoms with van der Waals surface area (Å²) in [5, 5.41) is 13.9. The molecule has 0 saturated heterocycles. The van der Waals surface area contributed by atoms with Crippen LogP contribution in [-0.2, 0) is 19.1 Å². The highest BCUT2D eigenvalue weighted by Gasteiger charge is 2.15. The zero-order chi connectivity index (χ0) is 43.7. The molecule has 0 radical (unpaired) electrons. The summed E-state index contributed by atoms with van der Waals surface area (Å²) in [5.74, 6) is 0.587. The summed E-state index contributed by atoms with van der Waals surface area (Å²) in [5.41, 5.74) is 0.634. The van der Waals surface area contributed by atoms with Gasteiger partial charge in [-0.15, -0.1) is 0 Å². The van der Waals surface area contributed by atoms with Gasteiger partial charge in [0.25, 0.3) is 5.91 Å². The molecule has 0 saturated carbocycles. The van der Waals surface area contributed by atoms with Crippen LogP contribution >= 0.6 is 0 Å². The minimum absolute atomic E-state index is 0.0130. The number of rotatable bonds is 44. The van der Waals surface area contributed by atoms with Gasteiger partial charge in [-0.3, -0.25) is 14.4 Å². The first-order valence-corrected chi connectivity index (χ1v) is 25.4. The average Bonchev–Trinajstić information content (AvgIpc) is 3.77. The van der Waals surface area contributed by atoms with Crippen molar-refractivity contribution in [1.29, 1.82) is 0 Å². The Labute approximate surface area is 369 Å². The molecule has 0 spiro atoms. The molecule has 1 unspecified atom stereocenters. The SMILES string of the molecule is CCCCCCCCC(CCCCCCCC)OC(=O)CCCCCCCN(CCCCCC(=O)OCCCCCCC(C)C)CC(O)CCCCNC(=O)c1cc[nH]c1. The van der Waals surface area contributed by atoms with Crippen LogP contribution in [0.15, 0.2) is 18.5 Å². The van der Waals surface area contributed by atoms with Crippen molar-refractivity contribution < 1.29 is 29.0 Å². The van der Waals surface area contributed by atoms with Gasteiger partial charge in [0.15, 0.2) is 0 Å². The van der Waals surface area contributed by atoms with Crippen LogP contribution < -0.4 is 5.32 Å². The molecule has 350 valence electrons. The van der Waals surface area contributed by atoms with E-state index in [1.807, 2.05) is 0 Å². The highest BCUT2D eigenvalue weighted by atomic mass is 16.5.